The third-order valence-corrected chi connectivity index (χ3v) is 2.42. The van der Waals surface area contributed by atoms with E-state index in [1.54, 1.807) is 0 Å². The van der Waals surface area contributed by atoms with Crippen LogP contribution in [0.1, 0.15) is 12.8 Å². The summed E-state index contributed by atoms with van der Waals surface area (Å²) in [6.45, 7) is 0.795. The molecule has 0 aromatic carbocycles. The van der Waals surface area contributed by atoms with Crippen molar-refractivity contribution >= 4 is 0 Å². The number of nitriles is 1. The Hall–Kier alpha value is -1.49. The lowest BCUT2D eigenvalue weighted by molar-refractivity contribution is 0.259. The Labute approximate surface area is 77.8 Å². The summed E-state index contributed by atoms with van der Waals surface area (Å²) in [5, 5.41) is 8.82. The van der Waals surface area contributed by atoms with Crippen molar-refractivity contribution in [1.29, 1.82) is 5.26 Å². The molecule has 1 aliphatic carbocycles. The molecule has 0 aromatic heterocycles. The molecule has 2 aliphatic rings. The molecule has 1 heterocycles. The Bertz CT molecular complexity index is 330. The van der Waals surface area contributed by atoms with Gasteiger partial charge in [-0.1, -0.05) is 12.2 Å². The Morgan fingerprint density at radius 1 is 1.38 bits per heavy atom. The average Bonchev–Trinajstić information content (AvgIpc) is 2.51. The van der Waals surface area contributed by atoms with Gasteiger partial charge in [-0.25, -0.2) is 0 Å². The van der Waals surface area contributed by atoms with E-state index in [0.29, 0.717) is 5.92 Å². The smallest absolute Gasteiger partial charge is 0.0995 e. The van der Waals surface area contributed by atoms with Gasteiger partial charge in [0.15, 0.2) is 0 Å². The molecular formula is C11H11NO. The van der Waals surface area contributed by atoms with Crippen molar-refractivity contribution in [3.63, 3.8) is 0 Å². The van der Waals surface area contributed by atoms with Crippen LogP contribution in [0.4, 0.5) is 0 Å². The zero-order chi connectivity index (χ0) is 9.10. The second-order valence-corrected chi connectivity index (χ2v) is 3.30. The van der Waals surface area contributed by atoms with E-state index in [2.05, 4.69) is 6.07 Å². The molecular weight excluding hydrogens is 162 g/mol. The Balaban J connectivity index is 2.25. The van der Waals surface area contributed by atoms with Crippen molar-refractivity contribution in [3.8, 4) is 6.07 Å². The molecule has 2 heteroatoms. The fraction of sp³-hybridized carbons (Fsp3) is 0.364. The summed E-state index contributed by atoms with van der Waals surface area (Å²) in [5.41, 5.74) is 0.845. The minimum Gasteiger partial charge on any atom is -0.498 e. The first kappa shape index (κ1) is 8.12. The van der Waals surface area contributed by atoms with Crippen LogP contribution >= 0.6 is 0 Å². The standard InChI is InChI=1S/C11H11NO/c12-8-9-3-1-2-4-11-10(7-9)5-6-13-11/h1-4,10H,5-7H2/b2-1-,9-3+,11-4+. The summed E-state index contributed by atoms with van der Waals surface area (Å²) in [5.74, 6) is 1.47. The molecule has 0 amide bonds. The molecule has 0 radical (unpaired) electrons. The van der Waals surface area contributed by atoms with Crippen molar-refractivity contribution in [1.82, 2.24) is 0 Å². The maximum atomic E-state index is 8.82. The first-order valence-electron chi connectivity index (χ1n) is 4.50. The number of nitrogens with zero attached hydrogens (tertiary/aromatic N) is 1. The van der Waals surface area contributed by atoms with Crippen molar-refractivity contribution in [2.45, 2.75) is 12.8 Å². The van der Waals surface area contributed by atoms with Gasteiger partial charge in [0, 0.05) is 11.5 Å². The summed E-state index contributed by atoms with van der Waals surface area (Å²) >= 11 is 0. The third-order valence-electron chi connectivity index (χ3n) is 2.42. The first-order valence-corrected chi connectivity index (χ1v) is 4.50. The van der Waals surface area contributed by atoms with E-state index in [-0.39, 0.29) is 0 Å². The van der Waals surface area contributed by atoms with E-state index in [1.807, 2.05) is 24.3 Å². The van der Waals surface area contributed by atoms with Crippen molar-refractivity contribution < 1.29 is 4.74 Å². The van der Waals surface area contributed by atoms with Crippen LogP contribution in [0.3, 0.4) is 0 Å². The van der Waals surface area contributed by atoms with Gasteiger partial charge in [-0.3, -0.25) is 0 Å². The van der Waals surface area contributed by atoms with E-state index in [1.165, 1.54) is 0 Å². The third kappa shape index (κ3) is 1.65. The second-order valence-electron chi connectivity index (χ2n) is 3.30. The molecule has 66 valence electrons. The van der Waals surface area contributed by atoms with Crippen LogP contribution in [0.5, 0.6) is 0 Å². The molecule has 0 aromatic rings. The number of allylic oxidation sites excluding steroid dienone is 6. The predicted molar refractivity (Wildman–Crippen MR) is 49.6 cm³/mol. The molecule has 0 spiro atoms. The van der Waals surface area contributed by atoms with E-state index >= 15 is 0 Å². The molecule has 2 rings (SSSR count). The second kappa shape index (κ2) is 3.49. The Morgan fingerprint density at radius 2 is 2.23 bits per heavy atom. The van der Waals surface area contributed by atoms with Gasteiger partial charge in [-0.2, -0.15) is 5.26 Å². The van der Waals surface area contributed by atoms with Crippen molar-refractivity contribution in [2.75, 3.05) is 6.61 Å². The van der Waals surface area contributed by atoms with Gasteiger partial charge in [0.25, 0.3) is 0 Å². The van der Waals surface area contributed by atoms with Crippen LogP contribution in [0.2, 0.25) is 0 Å². The maximum absolute atomic E-state index is 8.82. The number of hydrogen-bond donors (Lipinski definition) is 0. The lowest BCUT2D eigenvalue weighted by Gasteiger charge is -2.09. The molecule has 1 aliphatic heterocycles. The average molecular weight is 173 g/mol. The molecule has 1 saturated heterocycles. The minimum absolute atomic E-state index is 0.427. The van der Waals surface area contributed by atoms with Crippen LogP contribution in [0.15, 0.2) is 35.6 Å². The van der Waals surface area contributed by atoms with Gasteiger partial charge >= 0.3 is 0 Å². The summed E-state index contributed by atoms with van der Waals surface area (Å²) < 4.78 is 5.46. The van der Waals surface area contributed by atoms with E-state index in [9.17, 15) is 0 Å². The quantitative estimate of drug-likeness (QED) is 0.563. The number of rotatable bonds is 0. The molecule has 1 fully saturated rings. The summed E-state index contributed by atoms with van der Waals surface area (Å²) in [7, 11) is 0. The number of ether oxygens (including phenoxy) is 1. The molecule has 1 atom stereocenters. The summed E-state index contributed by atoms with van der Waals surface area (Å²) in [6.07, 6.45) is 9.58. The Kier molecular flexibility index (Phi) is 2.18. The fourth-order valence-corrected chi connectivity index (χ4v) is 1.70. The molecule has 2 nitrogen and oxygen atoms in total. The lowest BCUT2D eigenvalue weighted by atomic mass is 9.95. The van der Waals surface area contributed by atoms with Gasteiger partial charge < -0.3 is 4.74 Å². The molecule has 0 N–H and O–H groups in total. The number of hydrogen-bond acceptors (Lipinski definition) is 2. The zero-order valence-electron chi connectivity index (χ0n) is 7.36. The normalized spacial score (nSPS) is 36.4. The van der Waals surface area contributed by atoms with Gasteiger partial charge in [0.05, 0.1) is 18.4 Å². The molecule has 0 saturated carbocycles. The highest BCUT2D eigenvalue weighted by molar-refractivity contribution is 5.31. The predicted octanol–water partition coefficient (Wildman–Crippen LogP) is 2.32. The van der Waals surface area contributed by atoms with Crippen LogP contribution in [-0.2, 0) is 4.74 Å². The maximum Gasteiger partial charge on any atom is 0.0995 e. The van der Waals surface area contributed by atoms with Gasteiger partial charge in [-0.15, -0.1) is 0 Å². The van der Waals surface area contributed by atoms with Crippen LogP contribution < -0.4 is 0 Å². The van der Waals surface area contributed by atoms with Crippen LogP contribution in [-0.4, -0.2) is 6.61 Å². The zero-order valence-corrected chi connectivity index (χ0v) is 7.36. The monoisotopic (exact) mass is 173 g/mol. The largest absolute Gasteiger partial charge is 0.498 e. The van der Waals surface area contributed by atoms with Crippen molar-refractivity contribution in [2.24, 2.45) is 5.92 Å². The van der Waals surface area contributed by atoms with E-state index in [0.717, 1.165) is 30.8 Å². The fourth-order valence-electron chi connectivity index (χ4n) is 1.70. The summed E-state index contributed by atoms with van der Waals surface area (Å²) in [4.78, 5) is 0. The van der Waals surface area contributed by atoms with Crippen LogP contribution in [0.25, 0.3) is 0 Å². The van der Waals surface area contributed by atoms with E-state index < -0.39 is 0 Å². The highest BCUT2D eigenvalue weighted by Crippen LogP contribution is 2.31. The topological polar surface area (TPSA) is 33.0 Å². The highest BCUT2D eigenvalue weighted by Gasteiger charge is 2.23. The molecule has 13 heavy (non-hydrogen) atoms. The Morgan fingerprint density at radius 3 is 3.08 bits per heavy atom. The molecule has 0 bridgehead atoms. The lowest BCUT2D eigenvalue weighted by Crippen LogP contribution is -1.99. The minimum atomic E-state index is 0.427. The van der Waals surface area contributed by atoms with Crippen molar-refractivity contribution in [3.05, 3.63) is 35.6 Å². The first-order chi connectivity index (χ1) is 6.40. The van der Waals surface area contributed by atoms with Gasteiger partial charge in [0.1, 0.15) is 0 Å². The highest BCUT2D eigenvalue weighted by atomic mass is 16.5. The van der Waals surface area contributed by atoms with Crippen LogP contribution in [0, 0.1) is 17.2 Å². The summed E-state index contributed by atoms with van der Waals surface area (Å²) in [6, 6.07) is 2.21. The van der Waals surface area contributed by atoms with Gasteiger partial charge in [-0.05, 0) is 25.0 Å². The van der Waals surface area contributed by atoms with Gasteiger partial charge in [0.2, 0.25) is 0 Å². The molecule has 1 unspecified atom stereocenters. The number of fused-ring (bicyclic) bond motifs is 1. The SMILES string of the molecule is N#C/C1=C/C=C\C=C2\OCCC2C1. The van der Waals surface area contributed by atoms with E-state index in [4.69, 9.17) is 10.00 Å².